The van der Waals surface area contributed by atoms with Crippen molar-refractivity contribution in [3.63, 3.8) is 0 Å². The van der Waals surface area contributed by atoms with Crippen molar-refractivity contribution in [3.8, 4) is 5.75 Å². The van der Waals surface area contributed by atoms with E-state index in [9.17, 15) is 34.5 Å². The van der Waals surface area contributed by atoms with Crippen molar-refractivity contribution >= 4 is 23.7 Å². The van der Waals surface area contributed by atoms with E-state index in [1.165, 1.54) is 12.1 Å². The zero-order valence-electron chi connectivity index (χ0n) is 21.5. The summed E-state index contributed by atoms with van der Waals surface area (Å²) >= 11 is 0. The second-order valence-electron chi connectivity index (χ2n) is 9.50. The Morgan fingerprint density at radius 1 is 0.763 bits per heavy atom. The van der Waals surface area contributed by atoms with Crippen LogP contribution < -0.4 is 21.7 Å². The molecule has 0 heterocycles. The maximum absolute atomic E-state index is 13.3. The summed E-state index contributed by atoms with van der Waals surface area (Å²) in [5, 5.41) is 35.5. The number of benzene rings is 2. The fourth-order valence-corrected chi connectivity index (χ4v) is 3.75. The number of aliphatic hydroxyl groups excluding tert-OH is 1. The van der Waals surface area contributed by atoms with Crippen molar-refractivity contribution in [1.29, 1.82) is 0 Å². The van der Waals surface area contributed by atoms with Crippen LogP contribution >= 0.6 is 0 Å². The minimum absolute atomic E-state index is 0.00607. The molecule has 38 heavy (non-hydrogen) atoms. The summed E-state index contributed by atoms with van der Waals surface area (Å²) in [6.45, 7) is 2.90. The molecule has 0 radical (unpaired) electrons. The number of aliphatic carboxylic acids is 1. The molecule has 0 aliphatic rings. The lowest BCUT2D eigenvalue weighted by atomic mass is 10.00. The van der Waals surface area contributed by atoms with Gasteiger partial charge in [0.15, 0.2) is 0 Å². The number of phenols is 1. The Morgan fingerprint density at radius 3 is 1.84 bits per heavy atom. The van der Waals surface area contributed by atoms with E-state index in [1.54, 1.807) is 12.1 Å². The molecule has 2 aromatic carbocycles. The van der Waals surface area contributed by atoms with Crippen LogP contribution in [0.1, 0.15) is 31.4 Å². The van der Waals surface area contributed by atoms with Gasteiger partial charge >= 0.3 is 5.97 Å². The molecule has 0 aliphatic heterocycles. The van der Waals surface area contributed by atoms with Gasteiger partial charge in [-0.1, -0.05) is 56.3 Å². The topological polar surface area (TPSA) is 191 Å². The van der Waals surface area contributed by atoms with Crippen LogP contribution in [0, 0.1) is 5.92 Å². The normalized spacial score (nSPS) is 14.1. The average molecular weight is 529 g/mol. The molecule has 8 N–H and O–H groups in total. The Hall–Kier alpha value is -3.96. The first-order valence-corrected chi connectivity index (χ1v) is 12.3. The van der Waals surface area contributed by atoms with Crippen molar-refractivity contribution in [3.05, 3.63) is 65.7 Å². The molecule has 11 nitrogen and oxygen atoms in total. The lowest BCUT2D eigenvalue weighted by molar-refractivity contribution is -0.143. The largest absolute Gasteiger partial charge is 0.508 e. The van der Waals surface area contributed by atoms with Gasteiger partial charge in [-0.05, 0) is 42.0 Å². The maximum Gasteiger partial charge on any atom is 0.328 e. The van der Waals surface area contributed by atoms with Crippen molar-refractivity contribution in [1.82, 2.24) is 16.0 Å². The molecule has 0 bridgehead atoms. The Bertz CT molecular complexity index is 1080. The highest BCUT2D eigenvalue weighted by atomic mass is 16.4. The highest BCUT2D eigenvalue weighted by Crippen LogP contribution is 2.13. The van der Waals surface area contributed by atoms with E-state index in [-0.39, 0.29) is 30.9 Å². The molecule has 2 aromatic rings. The second-order valence-corrected chi connectivity index (χ2v) is 9.50. The highest BCUT2D eigenvalue weighted by Gasteiger charge is 2.30. The van der Waals surface area contributed by atoms with Crippen LogP contribution in [0.3, 0.4) is 0 Å². The second kappa shape index (κ2) is 14.7. The predicted molar refractivity (Wildman–Crippen MR) is 140 cm³/mol. The van der Waals surface area contributed by atoms with Gasteiger partial charge < -0.3 is 37.0 Å². The predicted octanol–water partition coefficient (Wildman–Crippen LogP) is 0.0821. The summed E-state index contributed by atoms with van der Waals surface area (Å²) in [5.41, 5.74) is 7.52. The number of carboxylic acid groups (broad SMARTS) is 1. The number of carboxylic acids is 1. The Morgan fingerprint density at radius 2 is 1.29 bits per heavy atom. The van der Waals surface area contributed by atoms with E-state index < -0.39 is 54.5 Å². The minimum Gasteiger partial charge on any atom is -0.508 e. The molecule has 4 atom stereocenters. The fourth-order valence-electron chi connectivity index (χ4n) is 3.75. The lowest BCUT2D eigenvalue weighted by Crippen LogP contribution is -2.58. The summed E-state index contributed by atoms with van der Waals surface area (Å²) in [6, 6.07) is 10.4. The van der Waals surface area contributed by atoms with Gasteiger partial charge in [0.05, 0.1) is 12.6 Å². The van der Waals surface area contributed by atoms with E-state index >= 15 is 0 Å². The molecular weight excluding hydrogens is 492 g/mol. The van der Waals surface area contributed by atoms with Gasteiger partial charge in [0.2, 0.25) is 17.7 Å². The van der Waals surface area contributed by atoms with Crippen LogP contribution in [-0.2, 0) is 32.0 Å². The van der Waals surface area contributed by atoms with Crippen LogP contribution in [0.2, 0.25) is 0 Å². The third-order valence-electron chi connectivity index (χ3n) is 5.78. The maximum atomic E-state index is 13.3. The van der Waals surface area contributed by atoms with Gasteiger partial charge in [-0.2, -0.15) is 0 Å². The van der Waals surface area contributed by atoms with Gasteiger partial charge in [0.25, 0.3) is 0 Å². The monoisotopic (exact) mass is 528 g/mol. The molecule has 206 valence electrons. The molecule has 2 rings (SSSR count). The summed E-state index contributed by atoms with van der Waals surface area (Å²) in [7, 11) is 0. The summed E-state index contributed by atoms with van der Waals surface area (Å²) in [4.78, 5) is 50.4. The molecule has 0 saturated carbocycles. The lowest BCUT2D eigenvalue weighted by Gasteiger charge is -2.26. The number of hydrogen-bond donors (Lipinski definition) is 7. The van der Waals surface area contributed by atoms with Gasteiger partial charge in [0.1, 0.15) is 23.9 Å². The van der Waals surface area contributed by atoms with Crippen molar-refractivity contribution in [2.75, 3.05) is 6.61 Å². The zero-order chi connectivity index (χ0) is 28.2. The summed E-state index contributed by atoms with van der Waals surface area (Å²) in [6.07, 6.45) is 0.495. The van der Waals surface area contributed by atoms with E-state index in [2.05, 4.69) is 16.0 Å². The smallest absolute Gasteiger partial charge is 0.328 e. The van der Waals surface area contributed by atoms with Gasteiger partial charge in [-0.3, -0.25) is 14.4 Å². The van der Waals surface area contributed by atoms with Crippen LogP contribution in [0.15, 0.2) is 54.6 Å². The summed E-state index contributed by atoms with van der Waals surface area (Å²) in [5.74, 6) is -3.42. The number of hydrogen-bond acceptors (Lipinski definition) is 7. The van der Waals surface area contributed by atoms with Crippen molar-refractivity contribution < 1.29 is 34.5 Å². The standard InChI is InChI=1S/C27H36N4O7/c1-16(2)12-21(29-24(34)20(28)13-17-6-4-3-5-7-17)25(35)30-22(14-18-8-10-19(33)11-9-18)26(36)31-23(15-32)27(37)38/h3-11,16,20-23,32-33H,12-15,28H2,1-2H3,(H,29,34)(H,30,35)(H,31,36)(H,37,38)/t20-,21-,22-,23-/m0/s1. The zero-order valence-corrected chi connectivity index (χ0v) is 21.5. The van der Waals surface area contributed by atoms with E-state index in [1.807, 2.05) is 44.2 Å². The van der Waals surface area contributed by atoms with Gasteiger partial charge in [0, 0.05) is 6.42 Å². The quantitative estimate of drug-likeness (QED) is 0.179. The highest BCUT2D eigenvalue weighted by molar-refractivity contribution is 5.94. The third kappa shape index (κ3) is 9.83. The number of rotatable bonds is 14. The third-order valence-corrected chi connectivity index (χ3v) is 5.78. The van der Waals surface area contributed by atoms with Crippen molar-refractivity contribution in [2.24, 2.45) is 11.7 Å². The molecular formula is C27H36N4O7. The number of aromatic hydroxyl groups is 1. The van der Waals surface area contributed by atoms with E-state index in [4.69, 9.17) is 5.73 Å². The summed E-state index contributed by atoms with van der Waals surface area (Å²) < 4.78 is 0. The molecule has 0 fully saturated rings. The van der Waals surface area contributed by atoms with Gasteiger partial charge in [-0.15, -0.1) is 0 Å². The molecule has 0 aromatic heterocycles. The molecule has 3 amide bonds. The number of aliphatic hydroxyl groups is 1. The molecule has 0 saturated heterocycles. The Kier molecular flexibility index (Phi) is 11.7. The first-order valence-electron chi connectivity index (χ1n) is 12.3. The van der Waals surface area contributed by atoms with Crippen molar-refractivity contribution in [2.45, 2.75) is 57.3 Å². The first-order chi connectivity index (χ1) is 18.0. The molecule has 0 unspecified atom stereocenters. The number of carbonyl (C=O) groups is 4. The number of nitrogens with one attached hydrogen (secondary N) is 3. The Labute approximate surface area is 221 Å². The SMILES string of the molecule is CC(C)C[C@H](NC(=O)[C@@H](N)Cc1ccccc1)C(=O)N[C@@H](Cc1ccc(O)cc1)C(=O)N[C@@H](CO)C(=O)O. The molecule has 0 spiro atoms. The van der Waals surface area contributed by atoms with Crippen LogP contribution in [0.25, 0.3) is 0 Å². The Balaban J connectivity index is 2.19. The molecule has 0 aliphatic carbocycles. The number of amides is 3. The van der Waals surface area contributed by atoms with E-state index in [0.717, 1.165) is 5.56 Å². The number of phenolic OH excluding ortho intramolecular Hbond substituents is 1. The fraction of sp³-hybridized carbons (Fsp3) is 0.407. The molecule has 11 heteroatoms. The van der Waals surface area contributed by atoms with Crippen LogP contribution in [0.4, 0.5) is 0 Å². The van der Waals surface area contributed by atoms with Gasteiger partial charge in [-0.25, -0.2) is 4.79 Å². The number of carbonyl (C=O) groups excluding carboxylic acids is 3. The first kappa shape index (κ1) is 30.3. The van der Waals surface area contributed by atoms with E-state index in [0.29, 0.717) is 5.56 Å². The van der Waals surface area contributed by atoms with Crippen LogP contribution in [0.5, 0.6) is 5.75 Å². The average Bonchev–Trinajstić information content (AvgIpc) is 2.87. The van der Waals surface area contributed by atoms with Crippen LogP contribution in [-0.4, -0.2) is 69.8 Å². The number of nitrogens with two attached hydrogens (primary N) is 1. The minimum atomic E-state index is -1.57.